The summed E-state index contributed by atoms with van der Waals surface area (Å²) in [6, 6.07) is 3.78. The highest BCUT2D eigenvalue weighted by Gasteiger charge is 2.26. The Labute approximate surface area is 137 Å². The van der Waals surface area contributed by atoms with Gasteiger partial charge in [-0.25, -0.2) is 4.79 Å². The Morgan fingerprint density at radius 3 is 2.52 bits per heavy atom. The molecule has 0 aliphatic heterocycles. The van der Waals surface area contributed by atoms with Crippen molar-refractivity contribution in [3.63, 3.8) is 0 Å². The number of nitrogens with one attached hydrogen (secondary N) is 1. The molecule has 0 radical (unpaired) electrons. The number of hydrogen-bond acceptors (Lipinski definition) is 3. The van der Waals surface area contributed by atoms with Crippen LogP contribution in [0.25, 0.3) is 0 Å². The molecule has 1 aromatic heterocycles. The molecule has 0 aromatic carbocycles. The van der Waals surface area contributed by atoms with Gasteiger partial charge in [-0.1, -0.05) is 0 Å². The zero-order chi connectivity index (χ0) is 16.0. The number of carboxylic acids is 1. The molecule has 118 valence electrons. The molecule has 1 aromatic rings. The Bertz CT molecular complexity index is 497. The van der Waals surface area contributed by atoms with Crippen molar-refractivity contribution in [1.29, 1.82) is 0 Å². The molecule has 2 amide bonds. The van der Waals surface area contributed by atoms with Crippen LogP contribution in [0.3, 0.4) is 0 Å². The summed E-state index contributed by atoms with van der Waals surface area (Å²) < 4.78 is 1.07. The van der Waals surface area contributed by atoms with Crippen LogP contribution in [0.2, 0.25) is 0 Å². The maximum absolute atomic E-state index is 12.2. The summed E-state index contributed by atoms with van der Waals surface area (Å²) in [6.07, 6.45) is 0.710. The third-order valence-corrected chi connectivity index (χ3v) is 4.56. The first-order valence-electron chi connectivity index (χ1n) is 6.71. The van der Waals surface area contributed by atoms with Crippen LogP contribution in [0.1, 0.15) is 32.1 Å². The lowest BCUT2D eigenvalue weighted by Crippen LogP contribution is -2.51. The zero-order valence-corrected chi connectivity index (χ0v) is 14.9. The number of carbonyl (C=O) groups excluding carboxylic acids is 1. The third-order valence-electron chi connectivity index (χ3n) is 2.88. The number of aliphatic carboxylic acids is 1. The second-order valence-electron chi connectivity index (χ2n) is 5.65. The van der Waals surface area contributed by atoms with Crippen LogP contribution in [0.15, 0.2) is 15.9 Å². The number of thiophene rings is 1. The molecule has 7 heteroatoms. The predicted octanol–water partition coefficient (Wildman–Crippen LogP) is 3.34. The number of amides is 2. The fraction of sp³-hybridized carbons (Fsp3) is 0.571. The van der Waals surface area contributed by atoms with Gasteiger partial charge >= 0.3 is 12.0 Å². The minimum Gasteiger partial charge on any atom is -0.481 e. The van der Waals surface area contributed by atoms with E-state index in [1.807, 2.05) is 32.9 Å². The van der Waals surface area contributed by atoms with Gasteiger partial charge < -0.3 is 15.3 Å². The fourth-order valence-corrected chi connectivity index (χ4v) is 3.31. The summed E-state index contributed by atoms with van der Waals surface area (Å²) in [4.78, 5) is 25.7. The van der Waals surface area contributed by atoms with Crippen LogP contribution in [-0.4, -0.2) is 40.6 Å². The van der Waals surface area contributed by atoms with Gasteiger partial charge in [0, 0.05) is 23.5 Å². The van der Waals surface area contributed by atoms with E-state index in [-0.39, 0.29) is 19.0 Å². The van der Waals surface area contributed by atoms with Crippen molar-refractivity contribution >= 4 is 39.3 Å². The Kier molecular flexibility index (Phi) is 6.67. The SMILES string of the molecule is CC(C)(C)N(CCC(=O)O)C(=O)NCCc1ccc(Br)s1. The first-order valence-corrected chi connectivity index (χ1v) is 8.32. The van der Waals surface area contributed by atoms with E-state index in [1.165, 1.54) is 4.88 Å². The molecule has 5 nitrogen and oxygen atoms in total. The maximum atomic E-state index is 12.2. The third kappa shape index (κ3) is 6.48. The quantitative estimate of drug-likeness (QED) is 0.799. The van der Waals surface area contributed by atoms with Crippen LogP contribution in [-0.2, 0) is 11.2 Å². The first kappa shape index (κ1) is 18.0. The fourth-order valence-electron chi connectivity index (χ4n) is 1.82. The first-order chi connectivity index (χ1) is 9.70. The van der Waals surface area contributed by atoms with Crippen molar-refractivity contribution in [3.8, 4) is 0 Å². The highest BCUT2D eigenvalue weighted by molar-refractivity contribution is 9.11. The van der Waals surface area contributed by atoms with E-state index in [4.69, 9.17) is 5.11 Å². The van der Waals surface area contributed by atoms with Crippen molar-refractivity contribution in [2.24, 2.45) is 0 Å². The summed E-state index contributed by atoms with van der Waals surface area (Å²) in [6.45, 7) is 6.42. The normalized spacial score (nSPS) is 11.2. The standard InChI is InChI=1S/C14H21BrN2O3S/c1-14(2,3)17(9-7-12(18)19)13(20)16-8-6-10-4-5-11(15)21-10/h4-5H,6-9H2,1-3H3,(H,16,20)(H,18,19). The summed E-state index contributed by atoms with van der Waals surface area (Å²) in [5, 5.41) is 11.6. The molecule has 1 rings (SSSR count). The van der Waals surface area contributed by atoms with Crippen LogP contribution in [0.5, 0.6) is 0 Å². The molecule has 0 saturated heterocycles. The smallest absolute Gasteiger partial charge is 0.317 e. The van der Waals surface area contributed by atoms with Crippen molar-refractivity contribution in [1.82, 2.24) is 10.2 Å². The Morgan fingerprint density at radius 1 is 1.38 bits per heavy atom. The van der Waals surface area contributed by atoms with E-state index in [0.717, 1.165) is 10.2 Å². The number of carboxylic acid groups (broad SMARTS) is 1. The molecule has 21 heavy (non-hydrogen) atoms. The van der Waals surface area contributed by atoms with Crippen LogP contribution < -0.4 is 5.32 Å². The second-order valence-corrected chi connectivity index (χ2v) is 8.20. The van der Waals surface area contributed by atoms with Gasteiger partial charge in [0.15, 0.2) is 0 Å². The van der Waals surface area contributed by atoms with Gasteiger partial charge in [0.1, 0.15) is 0 Å². The lowest BCUT2D eigenvalue weighted by atomic mass is 10.1. The van der Waals surface area contributed by atoms with Crippen LogP contribution >= 0.6 is 27.3 Å². The predicted molar refractivity (Wildman–Crippen MR) is 87.8 cm³/mol. The monoisotopic (exact) mass is 376 g/mol. The van der Waals surface area contributed by atoms with Crippen molar-refractivity contribution in [3.05, 3.63) is 20.8 Å². The Hall–Kier alpha value is -1.08. The summed E-state index contributed by atoms with van der Waals surface area (Å²) in [5.74, 6) is -0.902. The number of hydrogen-bond donors (Lipinski definition) is 2. The van der Waals surface area contributed by atoms with Crippen LogP contribution in [0, 0.1) is 0 Å². The van der Waals surface area contributed by atoms with Crippen molar-refractivity contribution in [2.45, 2.75) is 39.2 Å². The molecule has 0 spiro atoms. The van der Waals surface area contributed by atoms with Crippen LogP contribution in [0.4, 0.5) is 4.79 Å². The number of nitrogens with zero attached hydrogens (tertiary/aromatic N) is 1. The highest BCUT2D eigenvalue weighted by Crippen LogP contribution is 2.22. The van der Waals surface area contributed by atoms with Gasteiger partial charge in [-0.2, -0.15) is 0 Å². The molecule has 0 saturated carbocycles. The molecule has 0 aliphatic rings. The average molecular weight is 377 g/mol. The number of urea groups is 1. The summed E-state index contributed by atoms with van der Waals surface area (Å²) >= 11 is 5.05. The summed E-state index contributed by atoms with van der Waals surface area (Å²) in [5.41, 5.74) is -0.411. The molecule has 0 unspecified atom stereocenters. The zero-order valence-electron chi connectivity index (χ0n) is 12.5. The largest absolute Gasteiger partial charge is 0.481 e. The van der Waals surface area contributed by atoms with Gasteiger partial charge in [0.05, 0.1) is 10.2 Å². The molecule has 0 bridgehead atoms. The van der Waals surface area contributed by atoms with E-state index < -0.39 is 11.5 Å². The Balaban J connectivity index is 2.50. The van der Waals surface area contributed by atoms with Crippen molar-refractivity contribution < 1.29 is 14.7 Å². The minimum atomic E-state index is -0.902. The van der Waals surface area contributed by atoms with E-state index in [2.05, 4.69) is 21.2 Å². The number of carbonyl (C=O) groups is 2. The minimum absolute atomic E-state index is 0.0530. The lowest BCUT2D eigenvalue weighted by molar-refractivity contribution is -0.137. The van der Waals surface area contributed by atoms with E-state index in [0.29, 0.717) is 6.54 Å². The molecule has 1 heterocycles. The van der Waals surface area contributed by atoms with Crippen molar-refractivity contribution in [2.75, 3.05) is 13.1 Å². The Morgan fingerprint density at radius 2 is 2.05 bits per heavy atom. The van der Waals surface area contributed by atoms with Gasteiger partial charge in [0.25, 0.3) is 0 Å². The maximum Gasteiger partial charge on any atom is 0.317 e. The molecule has 2 N–H and O–H groups in total. The van der Waals surface area contributed by atoms with Gasteiger partial charge in [0.2, 0.25) is 0 Å². The topological polar surface area (TPSA) is 69.6 Å². The summed E-state index contributed by atoms with van der Waals surface area (Å²) in [7, 11) is 0. The van der Waals surface area contributed by atoms with E-state index in [1.54, 1.807) is 16.2 Å². The van der Waals surface area contributed by atoms with Gasteiger partial charge in [-0.05, 0) is 55.3 Å². The van der Waals surface area contributed by atoms with E-state index in [9.17, 15) is 9.59 Å². The van der Waals surface area contributed by atoms with Gasteiger partial charge in [-0.3, -0.25) is 4.79 Å². The second kappa shape index (κ2) is 7.79. The molecular weight excluding hydrogens is 356 g/mol. The number of rotatable bonds is 6. The molecule has 0 atom stereocenters. The lowest BCUT2D eigenvalue weighted by Gasteiger charge is -2.35. The highest BCUT2D eigenvalue weighted by atomic mass is 79.9. The van der Waals surface area contributed by atoms with E-state index >= 15 is 0 Å². The molecule has 0 fully saturated rings. The van der Waals surface area contributed by atoms with Gasteiger partial charge in [-0.15, -0.1) is 11.3 Å². The molecular formula is C14H21BrN2O3S. The number of halogens is 1. The molecule has 0 aliphatic carbocycles. The average Bonchev–Trinajstić information content (AvgIpc) is 2.73.